The van der Waals surface area contributed by atoms with Crippen LogP contribution in [0.25, 0.3) is 0 Å². The molecule has 92 valence electrons. The molecule has 1 aliphatic rings. The average Bonchev–Trinajstić information content (AvgIpc) is 2.15. The minimum Gasteiger partial charge on any atom is -0.464 e. The molecule has 2 N–H and O–H groups in total. The van der Waals surface area contributed by atoms with Crippen molar-refractivity contribution in [3.8, 4) is 0 Å². The van der Waals surface area contributed by atoms with Crippen LogP contribution in [0.4, 0.5) is 4.79 Å². The molecule has 1 unspecified atom stereocenters. The lowest BCUT2D eigenvalue weighted by molar-refractivity contribution is -0.160. The SMILES string of the molecule is CC(C)(C)OC(=O)C1CCCN(C(=O)O)N1. The van der Waals surface area contributed by atoms with E-state index >= 15 is 0 Å². The molecule has 16 heavy (non-hydrogen) atoms. The second-order valence-electron chi connectivity index (χ2n) is 4.79. The summed E-state index contributed by atoms with van der Waals surface area (Å²) in [7, 11) is 0. The molecule has 0 bridgehead atoms. The third-order valence-corrected chi connectivity index (χ3v) is 2.11. The van der Waals surface area contributed by atoms with Crippen LogP contribution in [0.3, 0.4) is 0 Å². The summed E-state index contributed by atoms with van der Waals surface area (Å²) in [6.45, 7) is 5.74. The van der Waals surface area contributed by atoms with E-state index in [0.29, 0.717) is 19.4 Å². The number of carbonyl (C=O) groups is 2. The Labute approximate surface area is 94.5 Å². The number of nitrogens with zero attached hydrogens (tertiary/aromatic N) is 1. The zero-order valence-corrected chi connectivity index (χ0v) is 9.82. The summed E-state index contributed by atoms with van der Waals surface area (Å²) in [4.78, 5) is 22.4. The van der Waals surface area contributed by atoms with Gasteiger partial charge < -0.3 is 9.84 Å². The number of hydrogen-bond donors (Lipinski definition) is 2. The van der Waals surface area contributed by atoms with Crippen LogP contribution in [0.5, 0.6) is 0 Å². The third kappa shape index (κ3) is 3.69. The number of esters is 1. The summed E-state index contributed by atoms with van der Waals surface area (Å²) in [6, 6.07) is -0.566. The first-order valence-corrected chi connectivity index (χ1v) is 5.29. The highest BCUT2D eigenvalue weighted by atomic mass is 16.6. The molecule has 0 aliphatic carbocycles. The zero-order valence-electron chi connectivity index (χ0n) is 9.82. The van der Waals surface area contributed by atoms with Crippen LogP contribution in [0.2, 0.25) is 0 Å². The standard InChI is InChI=1S/C10H18N2O4/c1-10(2,3)16-8(13)7-5-4-6-12(11-7)9(14)15/h7,11H,4-6H2,1-3H3,(H,14,15). The van der Waals surface area contributed by atoms with Crippen molar-refractivity contribution >= 4 is 12.1 Å². The second kappa shape index (κ2) is 4.69. The summed E-state index contributed by atoms with van der Waals surface area (Å²) in [5, 5.41) is 9.81. The number of nitrogens with one attached hydrogen (secondary N) is 1. The van der Waals surface area contributed by atoms with Crippen molar-refractivity contribution in [2.75, 3.05) is 6.54 Å². The summed E-state index contributed by atoms with van der Waals surface area (Å²) in [6.07, 6.45) is 0.176. The Balaban J connectivity index is 2.54. The van der Waals surface area contributed by atoms with Crippen molar-refractivity contribution in [3.05, 3.63) is 0 Å². The highest BCUT2D eigenvalue weighted by molar-refractivity contribution is 5.77. The molecule has 1 amide bonds. The fourth-order valence-electron chi connectivity index (χ4n) is 1.47. The molecule has 6 heteroatoms. The maximum Gasteiger partial charge on any atom is 0.421 e. The Hall–Kier alpha value is -1.30. The van der Waals surface area contributed by atoms with Crippen molar-refractivity contribution in [1.29, 1.82) is 0 Å². The Morgan fingerprint density at radius 3 is 2.56 bits per heavy atom. The predicted octanol–water partition coefficient (Wildman–Crippen LogP) is 0.975. The van der Waals surface area contributed by atoms with Gasteiger partial charge in [0, 0.05) is 6.54 Å². The molecule has 6 nitrogen and oxygen atoms in total. The van der Waals surface area contributed by atoms with Crippen molar-refractivity contribution in [3.63, 3.8) is 0 Å². The molecular weight excluding hydrogens is 212 g/mol. The Morgan fingerprint density at radius 2 is 2.06 bits per heavy atom. The smallest absolute Gasteiger partial charge is 0.421 e. The molecule has 1 saturated heterocycles. The van der Waals surface area contributed by atoms with Gasteiger partial charge in [0.15, 0.2) is 0 Å². The Bertz CT molecular complexity index is 285. The highest BCUT2D eigenvalue weighted by Gasteiger charge is 2.30. The summed E-state index contributed by atoms with van der Waals surface area (Å²) in [5.74, 6) is -0.404. The predicted molar refractivity (Wildman–Crippen MR) is 56.7 cm³/mol. The third-order valence-electron chi connectivity index (χ3n) is 2.11. The minimum absolute atomic E-state index is 0.397. The first-order chi connectivity index (χ1) is 7.29. The van der Waals surface area contributed by atoms with E-state index in [-0.39, 0.29) is 0 Å². The molecule has 0 saturated carbocycles. The van der Waals surface area contributed by atoms with Crippen molar-refractivity contribution in [2.45, 2.75) is 45.3 Å². The number of ether oxygens (including phenoxy) is 1. The van der Waals surface area contributed by atoms with E-state index in [1.165, 1.54) is 0 Å². The van der Waals surface area contributed by atoms with Crippen LogP contribution in [-0.4, -0.2) is 40.4 Å². The maximum atomic E-state index is 11.7. The van der Waals surface area contributed by atoms with Crippen molar-refractivity contribution in [1.82, 2.24) is 10.4 Å². The lowest BCUT2D eigenvalue weighted by Gasteiger charge is -2.32. The quantitative estimate of drug-likeness (QED) is 0.656. The number of carboxylic acid groups (broad SMARTS) is 1. The minimum atomic E-state index is -1.08. The van der Waals surface area contributed by atoms with Gasteiger partial charge in [0.05, 0.1) is 0 Å². The highest BCUT2D eigenvalue weighted by Crippen LogP contribution is 2.13. The molecule has 0 radical (unpaired) electrons. The molecule has 1 heterocycles. The molecule has 1 fully saturated rings. The van der Waals surface area contributed by atoms with E-state index in [2.05, 4.69) is 5.43 Å². The molecule has 1 aliphatic heterocycles. The molecule has 0 aromatic rings. The molecule has 1 rings (SSSR count). The zero-order chi connectivity index (χ0) is 12.3. The van der Waals surface area contributed by atoms with Crippen LogP contribution >= 0.6 is 0 Å². The number of amides is 1. The van der Waals surface area contributed by atoms with Gasteiger partial charge in [0.2, 0.25) is 0 Å². The van der Waals surface area contributed by atoms with Crippen molar-refractivity contribution < 1.29 is 19.4 Å². The van der Waals surface area contributed by atoms with E-state index in [4.69, 9.17) is 9.84 Å². The van der Waals surface area contributed by atoms with Gasteiger partial charge in [-0.15, -0.1) is 0 Å². The van der Waals surface area contributed by atoms with Gasteiger partial charge in [0.25, 0.3) is 0 Å². The second-order valence-corrected chi connectivity index (χ2v) is 4.79. The Kier molecular flexibility index (Phi) is 3.74. The van der Waals surface area contributed by atoms with E-state index in [0.717, 1.165) is 5.01 Å². The average molecular weight is 230 g/mol. The number of carbonyl (C=O) groups excluding carboxylic acids is 1. The fourth-order valence-corrected chi connectivity index (χ4v) is 1.47. The van der Waals surface area contributed by atoms with E-state index < -0.39 is 23.7 Å². The molecule has 0 aromatic carbocycles. The molecule has 0 aromatic heterocycles. The van der Waals surface area contributed by atoms with Gasteiger partial charge >= 0.3 is 12.1 Å². The van der Waals surface area contributed by atoms with Crippen molar-refractivity contribution in [2.24, 2.45) is 0 Å². The van der Waals surface area contributed by atoms with E-state index in [1.54, 1.807) is 20.8 Å². The van der Waals surface area contributed by atoms with Gasteiger partial charge in [-0.3, -0.25) is 4.79 Å². The summed E-state index contributed by atoms with van der Waals surface area (Å²) >= 11 is 0. The number of hydrogen-bond acceptors (Lipinski definition) is 4. The lowest BCUT2D eigenvalue weighted by atomic mass is 10.1. The van der Waals surface area contributed by atoms with Crippen LogP contribution in [0.15, 0.2) is 0 Å². The van der Waals surface area contributed by atoms with Crippen LogP contribution < -0.4 is 5.43 Å². The van der Waals surface area contributed by atoms with Gasteiger partial charge in [-0.25, -0.2) is 15.2 Å². The molecule has 1 atom stereocenters. The van der Waals surface area contributed by atoms with E-state index in [1.807, 2.05) is 0 Å². The summed E-state index contributed by atoms with van der Waals surface area (Å²) in [5.41, 5.74) is 2.08. The fraction of sp³-hybridized carbons (Fsp3) is 0.800. The largest absolute Gasteiger partial charge is 0.464 e. The Morgan fingerprint density at radius 1 is 1.44 bits per heavy atom. The van der Waals surface area contributed by atoms with Gasteiger partial charge in [-0.05, 0) is 33.6 Å². The van der Waals surface area contributed by atoms with Gasteiger partial charge in [-0.2, -0.15) is 0 Å². The van der Waals surface area contributed by atoms with Crippen LogP contribution in [0.1, 0.15) is 33.6 Å². The normalized spacial score (nSPS) is 21.7. The summed E-state index contributed by atoms with van der Waals surface area (Å²) < 4.78 is 5.18. The van der Waals surface area contributed by atoms with Crippen LogP contribution in [0, 0.1) is 0 Å². The van der Waals surface area contributed by atoms with Gasteiger partial charge in [-0.1, -0.05) is 0 Å². The molecular formula is C10H18N2O4. The first kappa shape index (κ1) is 12.8. The molecule has 0 spiro atoms. The first-order valence-electron chi connectivity index (χ1n) is 5.29. The number of rotatable bonds is 1. The van der Waals surface area contributed by atoms with Crippen LogP contribution in [-0.2, 0) is 9.53 Å². The number of hydrazine groups is 1. The topological polar surface area (TPSA) is 78.9 Å². The maximum absolute atomic E-state index is 11.7. The van der Waals surface area contributed by atoms with E-state index in [9.17, 15) is 9.59 Å². The lowest BCUT2D eigenvalue weighted by Crippen LogP contribution is -2.55. The van der Waals surface area contributed by atoms with Gasteiger partial charge in [0.1, 0.15) is 11.6 Å². The monoisotopic (exact) mass is 230 g/mol.